The van der Waals surface area contributed by atoms with Gasteiger partial charge in [-0.3, -0.25) is 0 Å². The summed E-state index contributed by atoms with van der Waals surface area (Å²) in [6.07, 6.45) is 1.65. The van der Waals surface area contributed by atoms with Gasteiger partial charge in [0.1, 0.15) is 5.82 Å². The smallest absolute Gasteiger partial charge is 0.123 e. The van der Waals surface area contributed by atoms with E-state index in [4.69, 9.17) is 5.11 Å². The average Bonchev–Trinajstić information content (AvgIpc) is 2.29. The highest BCUT2D eigenvalue weighted by molar-refractivity contribution is 5.36. The molecule has 0 aliphatic heterocycles. The molecule has 0 aromatic heterocycles. The lowest BCUT2D eigenvalue weighted by molar-refractivity contribution is -0.0355. The summed E-state index contributed by atoms with van der Waals surface area (Å²) in [5, 5.41) is 19.9. The molecule has 3 heteroatoms. The zero-order chi connectivity index (χ0) is 13.3. The molecule has 2 rings (SSSR count). The van der Waals surface area contributed by atoms with E-state index in [1.165, 1.54) is 6.07 Å². The lowest BCUT2D eigenvalue weighted by Crippen LogP contribution is -2.43. The van der Waals surface area contributed by atoms with Crippen LogP contribution in [-0.2, 0) is 6.42 Å². The van der Waals surface area contributed by atoms with Gasteiger partial charge in [0, 0.05) is 12.5 Å². The number of fused-ring (bicyclic) bond motifs is 1. The van der Waals surface area contributed by atoms with Gasteiger partial charge in [0.25, 0.3) is 0 Å². The van der Waals surface area contributed by atoms with Crippen molar-refractivity contribution in [1.29, 1.82) is 0 Å². The molecule has 1 aromatic carbocycles. The third kappa shape index (κ3) is 2.29. The second kappa shape index (κ2) is 4.98. The maximum absolute atomic E-state index is 13.3. The minimum atomic E-state index is -0.867. The molecule has 0 bridgehead atoms. The standard InChI is InChI=1S/C15H21FO2/c1-10(2)14-13-4-3-12(16)9-11(13)5-6-15(14,18)7-8-17/h3-4,9-10,14,17-18H,5-8H2,1-2H3/t14-,15-/m1/s1. The molecule has 0 unspecified atom stereocenters. The third-order valence-corrected chi connectivity index (χ3v) is 4.06. The van der Waals surface area contributed by atoms with Gasteiger partial charge in [-0.15, -0.1) is 0 Å². The van der Waals surface area contributed by atoms with E-state index in [2.05, 4.69) is 13.8 Å². The van der Waals surface area contributed by atoms with E-state index in [-0.39, 0.29) is 24.3 Å². The van der Waals surface area contributed by atoms with Gasteiger partial charge in [0.05, 0.1) is 5.60 Å². The van der Waals surface area contributed by atoms with Crippen molar-refractivity contribution in [1.82, 2.24) is 0 Å². The molecule has 0 fully saturated rings. The third-order valence-electron chi connectivity index (χ3n) is 4.06. The monoisotopic (exact) mass is 252 g/mol. The Kier molecular flexibility index (Phi) is 3.74. The Balaban J connectivity index is 2.45. The van der Waals surface area contributed by atoms with Crippen LogP contribution in [0.2, 0.25) is 0 Å². The molecule has 1 aromatic rings. The Hall–Kier alpha value is -0.930. The Morgan fingerprint density at radius 2 is 2.17 bits per heavy atom. The van der Waals surface area contributed by atoms with Gasteiger partial charge in [-0.1, -0.05) is 19.9 Å². The Morgan fingerprint density at radius 1 is 1.44 bits per heavy atom. The highest BCUT2D eigenvalue weighted by atomic mass is 19.1. The molecule has 1 aliphatic rings. The predicted molar refractivity (Wildman–Crippen MR) is 69.0 cm³/mol. The molecule has 0 spiro atoms. The maximum atomic E-state index is 13.3. The van der Waals surface area contributed by atoms with Crippen LogP contribution in [0.1, 0.15) is 43.7 Å². The largest absolute Gasteiger partial charge is 0.396 e. The molecule has 0 amide bonds. The second-order valence-corrected chi connectivity index (χ2v) is 5.64. The van der Waals surface area contributed by atoms with E-state index in [0.717, 1.165) is 11.1 Å². The lowest BCUT2D eigenvalue weighted by atomic mass is 9.66. The van der Waals surface area contributed by atoms with Gasteiger partial charge in [-0.25, -0.2) is 4.39 Å². The average molecular weight is 252 g/mol. The first kappa shape index (κ1) is 13.5. The van der Waals surface area contributed by atoms with Gasteiger partial charge in [-0.05, 0) is 48.4 Å². The molecule has 100 valence electrons. The fourth-order valence-electron chi connectivity index (χ4n) is 3.34. The van der Waals surface area contributed by atoms with E-state index in [1.807, 2.05) is 0 Å². The Bertz CT molecular complexity index is 431. The topological polar surface area (TPSA) is 40.5 Å². The van der Waals surface area contributed by atoms with Crippen LogP contribution >= 0.6 is 0 Å². The molecular weight excluding hydrogens is 231 g/mol. The lowest BCUT2D eigenvalue weighted by Gasteiger charge is -2.43. The van der Waals surface area contributed by atoms with Crippen molar-refractivity contribution >= 4 is 0 Å². The van der Waals surface area contributed by atoms with Gasteiger partial charge in [0.2, 0.25) is 0 Å². The van der Waals surface area contributed by atoms with Crippen LogP contribution in [0.5, 0.6) is 0 Å². The summed E-state index contributed by atoms with van der Waals surface area (Å²) in [6.45, 7) is 4.10. The number of hydrogen-bond donors (Lipinski definition) is 2. The van der Waals surface area contributed by atoms with E-state index in [9.17, 15) is 9.50 Å². The number of aliphatic hydroxyl groups is 2. The summed E-state index contributed by atoms with van der Waals surface area (Å²) in [6, 6.07) is 4.82. The summed E-state index contributed by atoms with van der Waals surface area (Å²) in [5.41, 5.74) is 1.17. The van der Waals surface area contributed by atoms with Crippen molar-refractivity contribution < 1.29 is 14.6 Å². The molecule has 0 saturated carbocycles. The molecule has 0 saturated heterocycles. The first-order valence-corrected chi connectivity index (χ1v) is 6.59. The molecule has 2 N–H and O–H groups in total. The fraction of sp³-hybridized carbons (Fsp3) is 0.600. The highest BCUT2D eigenvalue weighted by Crippen LogP contribution is 2.45. The molecule has 2 atom stereocenters. The van der Waals surface area contributed by atoms with Crippen LogP contribution in [0.3, 0.4) is 0 Å². The number of hydrogen-bond acceptors (Lipinski definition) is 2. The van der Waals surface area contributed by atoms with Crippen LogP contribution in [0, 0.1) is 11.7 Å². The number of aryl methyl sites for hydroxylation is 1. The predicted octanol–water partition coefficient (Wildman–Crippen LogP) is 2.63. The normalized spacial score (nSPS) is 27.3. The van der Waals surface area contributed by atoms with Crippen molar-refractivity contribution in [2.45, 2.75) is 44.6 Å². The van der Waals surface area contributed by atoms with Gasteiger partial charge in [0.15, 0.2) is 0 Å². The number of aliphatic hydroxyl groups excluding tert-OH is 1. The van der Waals surface area contributed by atoms with E-state index in [0.29, 0.717) is 19.3 Å². The van der Waals surface area contributed by atoms with Crippen LogP contribution in [0.25, 0.3) is 0 Å². The first-order chi connectivity index (χ1) is 8.48. The zero-order valence-electron chi connectivity index (χ0n) is 11.0. The van der Waals surface area contributed by atoms with E-state index >= 15 is 0 Å². The van der Waals surface area contributed by atoms with E-state index < -0.39 is 5.60 Å². The Morgan fingerprint density at radius 3 is 2.78 bits per heavy atom. The van der Waals surface area contributed by atoms with Crippen LogP contribution in [0.15, 0.2) is 18.2 Å². The molecule has 1 aliphatic carbocycles. The molecular formula is C15H21FO2. The van der Waals surface area contributed by atoms with Crippen molar-refractivity contribution in [3.8, 4) is 0 Å². The van der Waals surface area contributed by atoms with Crippen molar-refractivity contribution in [3.05, 3.63) is 35.1 Å². The molecule has 0 heterocycles. The zero-order valence-corrected chi connectivity index (χ0v) is 11.0. The van der Waals surface area contributed by atoms with Gasteiger partial charge in [-0.2, -0.15) is 0 Å². The van der Waals surface area contributed by atoms with Crippen LogP contribution in [0.4, 0.5) is 4.39 Å². The number of halogens is 1. The van der Waals surface area contributed by atoms with Crippen molar-refractivity contribution in [2.24, 2.45) is 5.92 Å². The quantitative estimate of drug-likeness (QED) is 0.868. The highest BCUT2D eigenvalue weighted by Gasteiger charge is 2.42. The second-order valence-electron chi connectivity index (χ2n) is 5.64. The SMILES string of the molecule is CC(C)[C@@H]1c2ccc(F)cc2CC[C@@]1(O)CCO. The molecule has 18 heavy (non-hydrogen) atoms. The minimum Gasteiger partial charge on any atom is -0.396 e. The minimum absolute atomic E-state index is 0.0176. The summed E-state index contributed by atoms with van der Waals surface area (Å²) < 4.78 is 13.3. The van der Waals surface area contributed by atoms with Gasteiger partial charge < -0.3 is 10.2 Å². The summed E-state index contributed by atoms with van der Waals surface area (Å²) in [5.74, 6) is 0.00363. The summed E-state index contributed by atoms with van der Waals surface area (Å²) in [4.78, 5) is 0. The number of benzene rings is 1. The number of rotatable bonds is 3. The summed E-state index contributed by atoms with van der Waals surface area (Å²) in [7, 11) is 0. The van der Waals surface area contributed by atoms with Crippen molar-refractivity contribution in [2.75, 3.05) is 6.61 Å². The first-order valence-electron chi connectivity index (χ1n) is 6.59. The van der Waals surface area contributed by atoms with E-state index in [1.54, 1.807) is 12.1 Å². The van der Waals surface area contributed by atoms with Gasteiger partial charge >= 0.3 is 0 Å². The van der Waals surface area contributed by atoms with Crippen molar-refractivity contribution in [3.63, 3.8) is 0 Å². The fourth-order valence-corrected chi connectivity index (χ4v) is 3.34. The summed E-state index contributed by atoms with van der Waals surface area (Å²) >= 11 is 0. The molecule has 2 nitrogen and oxygen atoms in total. The Labute approximate surface area is 107 Å². The van der Waals surface area contributed by atoms with Crippen LogP contribution in [-0.4, -0.2) is 22.4 Å². The maximum Gasteiger partial charge on any atom is 0.123 e. The molecule has 0 radical (unpaired) electrons. The van der Waals surface area contributed by atoms with Crippen LogP contribution < -0.4 is 0 Å².